The topological polar surface area (TPSA) is 17.1 Å². The van der Waals surface area contributed by atoms with Crippen molar-refractivity contribution in [3.63, 3.8) is 0 Å². The van der Waals surface area contributed by atoms with Crippen molar-refractivity contribution in [2.45, 2.75) is 30.7 Å². The highest BCUT2D eigenvalue weighted by Gasteiger charge is 2.29. The minimum Gasteiger partial charge on any atom is -0.294 e. The quantitative estimate of drug-likeness (QED) is 0.586. The molecule has 17 heavy (non-hydrogen) atoms. The number of benzene rings is 1. The van der Waals surface area contributed by atoms with Gasteiger partial charge in [-0.25, -0.2) is 0 Å². The lowest BCUT2D eigenvalue weighted by Crippen LogP contribution is -2.03. The molecule has 0 aliphatic rings. The second-order valence-electron chi connectivity index (χ2n) is 4.09. The predicted molar refractivity (Wildman–Crippen MR) is 62.1 cm³/mol. The van der Waals surface area contributed by atoms with Crippen LogP contribution in [0.15, 0.2) is 29.2 Å². The SMILES string of the molecule is CC(C)CC(=O)c1ccc(SC(F)(F)F)cc1. The van der Waals surface area contributed by atoms with Crippen molar-refractivity contribution in [3.05, 3.63) is 29.8 Å². The van der Waals surface area contributed by atoms with Crippen molar-refractivity contribution in [1.29, 1.82) is 0 Å². The molecule has 94 valence electrons. The Morgan fingerprint density at radius 1 is 1.24 bits per heavy atom. The van der Waals surface area contributed by atoms with Crippen molar-refractivity contribution < 1.29 is 18.0 Å². The molecule has 0 saturated heterocycles. The monoisotopic (exact) mass is 262 g/mol. The van der Waals surface area contributed by atoms with Gasteiger partial charge in [-0.05, 0) is 29.8 Å². The first-order chi connectivity index (χ1) is 7.78. The fourth-order valence-electron chi connectivity index (χ4n) is 1.33. The molecule has 0 N–H and O–H groups in total. The number of alkyl halides is 3. The van der Waals surface area contributed by atoms with Crippen LogP contribution in [0.4, 0.5) is 13.2 Å². The van der Waals surface area contributed by atoms with E-state index in [0.29, 0.717) is 12.0 Å². The van der Waals surface area contributed by atoms with Gasteiger partial charge in [0.15, 0.2) is 5.78 Å². The summed E-state index contributed by atoms with van der Waals surface area (Å²) in [6, 6.07) is 5.54. The maximum absolute atomic E-state index is 12.1. The zero-order valence-electron chi connectivity index (χ0n) is 9.54. The van der Waals surface area contributed by atoms with Crippen LogP contribution in [0.25, 0.3) is 0 Å². The summed E-state index contributed by atoms with van der Waals surface area (Å²) in [4.78, 5) is 11.7. The molecule has 0 atom stereocenters. The Kier molecular flexibility index (Phi) is 4.62. The Hall–Kier alpha value is -0.970. The summed E-state index contributed by atoms with van der Waals surface area (Å²) in [5.74, 6) is 0.204. The van der Waals surface area contributed by atoms with Gasteiger partial charge in [0.1, 0.15) is 0 Å². The summed E-state index contributed by atoms with van der Waals surface area (Å²) >= 11 is -0.176. The molecule has 0 radical (unpaired) electrons. The van der Waals surface area contributed by atoms with E-state index >= 15 is 0 Å². The molecule has 0 aromatic heterocycles. The molecule has 0 saturated carbocycles. The highest BCUT2D eigenvalue weighted by molar-refractivity contribution is 8.00. The first-order valence-corrected chi connectivity index (χ1v) is 5.98. The Labute approximate surface area is 102 Å². The van der Waals surface area contributed by atoms with E-state index in [-0.39, 0.29) is 28.4 Å². The minimum atomic E-state index is -4.29. The molecule has 0 aliphatic heterocycles. The van der Waals surface area contributed by atoms with Gasteiger partial charge in [0.2, 0.25) is 0 Å². The predicted octanol–water partition coefficient (Wildman–Crippen LogP) is 4.53. The lowest BCUT2D eigenvalue weighted by atomic mass is 10.0. The van der Waals surface area contributed by atoms with Gasteiger partial charge < -0.3 is 0 Å². The van der Waals surface area contributed by atoms with Crippen molar-refractivity contribution in [2.24, 2.45) is 5.92 Å². The molecule has 0 aliphatic carbocycles. The Bertz CT molecular complexity index is 382. The van der Waals surface area contributed by atoms with E-state index in [1.807, 2.05) is 13.8 Å². The Morgan fingerprint density at radius 3 is 2.18 bits per heavy atom. The lowest BCUT2D eigenvalue weighted by molar-refractivity contribution is -0.0328. The highest BCUT2D eigenvalue weighted by Crippen LogP contribution is 2.36. The van der Waals surface area contributed by atoms with Crippen LogP contribution in [-0.2, 0) is 0 Å². The first-order valence-electron chi connectivity index (χ1n) is 5.17. The standard InChI is InChI=1S/C12H13F3OS/c1-8(2)7-11(16)9-3-5-10(6-4-9)17-12(13,14)15/h3-6,8H,7H2,1-2H3. The summed E-state index contributed by atoms with van der Waals surface area (Å²) in [6.45, 7) is 3.84. The summed E-state index contributed by atoms with van der Waals surface area (Å²) in [7, 11) is 0. The number of rotatable bonds is 4. The van der Waals surface area contributed by atoms with Gasteiger partial charge in [-0.3, -0.25) is 4.79 Å². The van der Waals surface area contributed by atoms with Crippen LogP contribution in [0, 0.1) is 5.92 Å². The second kappa shape index (κ2) is 5.58. The van der Waals surface area contributed by atoms with Crippen LogP contribution in [0.1, 0.15) is 30.6 Å². The zero-order valence-corrected chi connectivity index (χ0v) is 10.4. The van der Waals surface area contributed by atoms with E-state index in [1.54, 1.807) is 0 Å². The molecule has 1 nitrogen and oxygen atoms in total. The van der Waals surface area contributed by atoms with Crippen molar-refractivity contribution in [3.8, 4) is 0 Å². The van der Waals surface area contributed by atoms with Gasteiger partial charge in [-0.2, -0.15) is 13.2 Å². The van der Waals surface area contributed by atoms with E-state index in [9.17, 15) is 18.0 Å². The molecule has 1 aromatic rings. The average molecular weight is 262 g/mol. The molecule has 5 heteroatoms. The molecular formula is C12H13F3OS. The maximum Gasteiger partial charge on any atom is 0.446 e. The van der Waals surface area contributed by atoms with Gasteiger partial charge in [0.25, 0.3) is 0 Å². The van der Waals surface area contributed by atoms with Gasteiger partial charge in [0, 0.05) is 16.9 Å². The molecule has 0 spiro atoms. The number of carbonyl (C=O) groups is 1. The van der Waals surface area contributed by atoms with Crippen LogP contribution >= 0.6 is 11.8 Å². The normalized spacial score (nSPS) is 11.9. The smallest absolute Gasteiger partial charge is 0.294 e. The lowest BCUT2D eigenvalue weighted by Gasteiger charge is -2.07. The third-order valence-electron chi connectivity index (χ3n) is 2.00. The number of carbonyl (C=O) groups excluding carboxylic acids is 1. The largest absolute Gasteiger partial charge is 0.446 e. The maximum atomic E-state index is 12.1. The first kappa shape index (κ1) is 14.1. The van der Waals surface area contributed by atoms with E-state index < -0.39 is 5.51 Å². The van der Waals surface area contributed by atoms with Crippen LogP contribution < -0.4 is 0 Å². The minimum absolute atomic E-state index is 0.0384. The molecular weight excluding hydrogens is 249 g/mol. The number of ketones is 1. The fraction of sp³-hybridized carbons (Fsp3) is 0.417. The van der Waals surface area contributed by atoms with Crippen LogP contribution in [0.5, 0.6) is 0 Å². The van der Waals surface area contributed by atoms with Gasteiger partial charge in [-0.15, -0.1) is 0 Å². The van der Waals surface area contributed by atoms with Gasteiger partial charge in [0.05, 0.1) is 0 Å². The average Bonchev–Trinajstić information content (AvgIpc) is 2.15. The van der Waals surface area contributed by atoms with E-state index in [4.69, 9.17) is 0 Å². The zero-order chi connectivity index (χ0) is 13.1. The third kappa shape index (κ3) is 5.26. The molecule has 0 bridgehead atoms. The summed E-state index contributed by atoms with van der Waals surface area (Å²) in [5.41, 5.74) is -3.83. The van der Waals surface area contributed by atoms with Crippen LogP contribution in [-0.4, -0.2) is 11.3 Å². The van der Waals surface area contributed by atoms with E-state index in [2.05, 4.69) is 0 Å². The number of Topliss-reactive ketones (excluding diaryl/α,β-unsaturated/α-hetero) is 1. The van der Waals surface area contributed by atoms with Gasteiger partial charge >= 0.3 is 5.51 Å². The summed E-state index contributed by atoms with van der Waals surface area (Å²) < 4.78 is 36.2. The van der Waals surface area contributed by atoms with E-state index in [0.717, 1.165) is 0 Å². The van der Waals surface area contributed by atoms with Crippen LogP contribution in [0.3, 0.4) is 0 Å². The van der Waals surface area contributed by atoms with Crippen molar-refractivity contribution >= 4 is 17.5 Å². The molecule has 0 unspecified atom stereocenters. The van der Waals surface area contributed by atoms with Crippen molar-refractivity contribution in [1.82, 2.24) is 0 Å². The van der Waals surface area contributed by atoms with Gasteiger partial charge in [-0.1, -0.05) is 26.0 Å². The number of hydrogen-bond acceptors (Lipinski definition) is 2. The van der Waals surface area contributed by atoms with E-state index in [1.165, 1.54) is 24.3 Å². The number of thioether (sulfide) groups is 1. The Balaban J connectivity index is 2.71. The van der Waals surface area contributed by atoms with Crippen molar-refractivity contribution in [2.75, 3.05) is 0 Å². The van der Waals surface area contributed by atoms with Crippen LogP contribution in [0.2, 0.25) is 0 Å². The molecule has 1 aromatic carbocycles. The Morgan fingerprint density at radius 2 is 1.76 bits per heavy atom. The number of hydrogen-bond donors (Lipinski definition) is 0. The third-order valence-corrected chi connectivity index (χ3v) is 2.74. The second-order valence-corrected chi connectivity index (χ2v) is 5.23. The summed E-state index contributed by atoms with van der Waals surface area (Å²) in [6.07, 6.45) is 0.408. The summed E-state index contributed by atoms with van der Waals surface area (Å²) in [5, 5.41) is 0. The number of halogens is 3. The molecule has 0 fully saturated rings. The molecule has 0 amide bonds. The fourth-order valence-corrected chi connectivity index (χ4v) is 1.87. The molecule has 1 rings (SSSR count). The molecule has 0 heterocycles. The highest BCUT2D eigenvalue weighted by atomic mass is 32.2.